The lowest BCUT2D eigenvalue weighted by atomic mass is 10.1. The summed E-state index contributed by atoms with van der Waals surface area (Å²) in [5.41, 5.74) is 0.950. The topological polar surface area (TPSA) is 158 Å². The molecule has 1 atom stereocenters. The van der Waals surface area contributed by atoms with Crippen LogP contribution in [0.4, 0.5) is 4.79 Å². The molecule has 0 bridgehead atoms. The molecule has 2 aromatic heterocycles. The normalized spacial score (nSPS) is 14.0. The van der Waals surface area contributed by atoms with Crippen LogP contribution < -0.4 is 10.0 Å². The SMILES string of the molecule is CCOC(=O)N1CCN(C(=O)[C@H](CCC(=O)OC(C)(C)C)NC(=O)c2cc(-c3cc[n+]([O-])cc3)nc(-c3ccccc3)n2)CC1. The number of nitrogens with one attached hydrogen (secondary N) is 1. The van der Waals surface area contributed by atoms with Gasteiger partial charge in [-0.3, -0.25) is 14.4 Å². The highest BCUT2D eigenvalue weighted by Gasteiger charge is 2.32. The molecule has 238 valence electrons. The lowest BCUT2D eigenvalue weighted by molar-refractivity contribution is -0.605. The van der Waals surface area contributed by atoms with Crippen LogP contribution in [-0.4, -0.2) is 88.1 Å². The molecule has 1 saturated heterocycles. The average Bonchev–Trinajstić information content (AvgIpc) is 3.02. The van der Waals surface area contributed by atoms with Crippen LogP contribution in [0.15, 0.2) is 60.9 Å². The predicted molar refractivity (Wildman–Crippen MR) is 163 cm³/mol. The Kier molecular flexibility index (Phi) is 10.7. The van der Waals surface area contributed by atoms with E-state index in [2.05, 4.69) is 15.3 Å². The van der Waals surface area contributed by atoms with Gasteiger partial charge in [-0.05, 0) is 40.2 Å². The Bertz CT molecular complexity index is 1500. The fourth-order valence-corrected chi connectivity index (χ4v) is 4.70. The predicted octanol–water partition coefficient (Wildman–Crippen LogP) is 2.97. The molecule has 45 heavy (non-hydrogen) atoms. The van der Waals surface area contributed by atoms with Crippen LogP contribution in [0.1, 0.15) is 51.0 Å². The summed E-state index contributed by atoms with van der Waals surface area (Å²) < 4.78 is 11.1. The number of carbonyl (C=O) groups excluding carboxylic acids is 4. The lowest BCUT2D eigenvalue weighted by Crippen LogP contribution is -2.56. The summed E-state index contributed by atoms with van der Waals surface area (Å²) in [7, 11) is 0. The van der Waals surface area contributed by atoms with Crippen LogP contribution >= 0.6 is 0 Å². The fraction of sp³-hybridized carbons (Fsp3) is 0.406. The summed E-state index contributed by atoms with van der Waals surface area (Å²) in [5, 5.41) is 14.4. The minimum absolute atomic E-state index is 0.0000884. The molecule has 3 heterocycles. The van der Waals surface area contributed by atoms with E-state index in [1.807, 2.05) is 18.2 Å². The molecule has 1 aromatic carbocycles. The van der Waals surface area contributed by atoms with E-state index >= 15 is 0 Å². The van der Waals surface area contributed by atoms with Crippen molar-refractivity contribution in [2.45, 2.75) is 52.2 Å². The van der Waals surface area contributed by atoms with Crippen molar-refractivity contribution < 1.29 is 33.4 Å². The smallest absolute Gasteiger partial charge is 0.409 e. The molecule has 0 saturated carbocycles. The van der Waals surface area contributed by atoms with E-state index in [4.69, 9.17) is 9.47 Å². The molecule has 0 radical (unpaired) electrons. The van der Waals surface area contributed by atoms with Crippen molar-refractivity contribution >= 4 is 23.9 Å². The molecule has 1 aliphatic rings. The van der Waals surface area contributed by atoms with Crippen LogP contribution in [0.2, 0.25) is 0 Å². The number of nitrogens with zero attached hydrogens (tertiary/aromatic N) is 5. The maximum atomic E-state index is 13.7. The second kappa shape index (κ2) is 14.6. The quantitative estimate of drug-likeness (QED) is 0.216. The first-order valence-electron chi connectivity index (χ1n) is 14.8. The standard InChI is InChI=1S/C32H38N6O7/c1-5-44-31(42)37-19-17-36(18-20-37)30(41)24(11-12-27(39)45-32(2,3)4)35-29(40)26-21-25(22-13-15-38(43)16-14-22)33-28(34-26)23-9-7-6-8-10-23/h6-10,13-16,21,24H,5,11-12,17-20H2,1-4H3,(H,35,40)/t24-/m0/s1. The van der Waals surface area contributed by atoms with Crippen LogP contribution in [0.25, 0.3) is 22.6 Å². The zero-order chi connectivity index (χ0) is 32.6. The molecule has 4 rings (SSSR count). The molecular weight excluding hydrogens is 580 g/mol. The number of aromatic nitrogens is 3. The van der Waals surface area contributed by atoms with E-state index in [1.165, 1.54) is 23.4 Å². The largest absolute Gasteiger partial charge is 0.619 e. The lowest BCUT2D eigenvalue weighted by Gasteiger charge is -2.36. The Balaban J connectivity index is 1.60. The number of hydrogen-bond acceptors (Lipinski definition) is 9. The van der Waals surface area contributed by atoms with E-state index in [9.17, 15) is 24.4 Å². The molecule has 0 unspecified atom stereocenters. The zero-order valence-electron chi connectivity index (χ0n) is 25.9. The van der Waals surface area contributed by atoms with Gasteiger partial charge in [0.2, 0.25) is 5.91 Å². The first-order chi connectivity index (χ1) is 21.4. The van der Waals surface area contributed by atoms with Gasteiger partial charge in [0.05, 0.1) is 12.3 Å². The van der Waals surface area contributed by atoms with Gasteiger partial charge in [0, 0.05) is 55.9 Å². The molecule has 3 amide bonds. The molecular formula is C32H38N6O7. The number of pyridine rings is 1. The van der Waals surface area contributed by atoms with Crippen LogP contribution in [0.5, 0.6) is 0 Å². The highest BCUT2D eigenvalue weighted by Crippen LogP contribution is 2.22. The van der Waals surface area contributed by atoms with Crippen molar-refractivity contribution in [1.82, 2.24) is 25.1 Å². The second-order valence-corrected chi connectivity index (χ2v) is 11.4. The van der Waals surface area contributed by atoms with Gasteiger partial charge in [-0.25, -0.2) is 14.8 Å². The Labute approximate surface area is 261 Å². The number of hydrogen-bond donors (Lipinski definition) is 1. The number of ether oxygens (including phenoxy) is 2. The Morgan fingerprint density at radius 2 is 1.60 bits per heavy atom. The summed E-state index contributed by atoms with van der Waals surface area (Å²) >= 11 is 0. The first-order valence-corrected chi connectivity index (χ1v) is 14.8. The number of carbonyl (C=O) groups is 4. The number of piperazine rings is 1. The van der Waals surface area contributed by atoms with Gasteiger partial charge in [-0.15, -0.1) is 0 Å². The van der Waals surface area contributed by atoms with Crippen LogP contribution in [0.3, 0.4) is 0 Å². The second-order valence-electron chi connectivity index (χ2n) is 11.4. The molecule has 1 fully saturated rings. The monoisotopic (exact) mass is 618 g/mol. The van der Waals surface area contributed by atoms with E-state index in [0.717, 1.165) is 0 Å². The van der Waals surface area contributed by atoms with Crippen molar-refractivity contribution in [2.75, 3.05) is 32.8 Å². The summed E-state index contributed by atoms with van der Waals surface area (Å²) in [6.07, 6.45) is 2.08. The zero-order valence-corrected chi connectivity index (χ0v) is 25.9. The van der Waals surface area contributed by atoms with Crippen LogP contribution in [-0.2, 0) is 19.1 Å². The maximum absolute atomic E-state index is 13.7. The minimum Gasteiger partial charge on any atom is -0.619 e. The molecule has 0 spiro atoms. The third-order valence-electron chi connectivity index (χ3n) is 6.87. The van der Waals surface area contributed by atoms with Crippen molar-refractivity contribution in [1.29, 1.82) is 0 Å². The average molecular weight is 619 g/mol. The Morgan fingerprint density at radius 1 is 0.956 bits per heavy atom. The summed E-state index contributed by atoms with van der Waals surface area (Å²) in [5.74, 6) is -1.25. The number of rotatable bonds is 9. The van der Waals surface area contributed by atoms with E-state index in [0.29, 0.717) is 21.6 Å². The maximum Gasteiger partial charge on any atom is 0.409 e. The number of benzene rings is 1. The van der Waals surface area contributed by atoms with Gasteiger partial charge < -0.3 is 29.8 Å². The Morgan fingerprint density at radius 3 is 2.22 bits per heavy atom. The van der Waals surface area contributed by atoms with Gasteiger partial charge in [0.1, 0.15) is 17.3 Å². The summed E-state index contributed by atoms with van der Waals surface area (Å²) in [6.45, 7) is 8.23. The van der Waals surface area contributed by atoms with Gasteiger partial charge in [0.15, 0.2) is 18.2 Å². The van der Waals surface area contributed by atoms with Gasteiger partial charge in [-0.1, -0.05) is 30.3 Å². The van der Waals surface area contributed by atoms with Crippen molar-refractivity contribution in [3.8, 4) is 22.6 Å². The van der Waals surface area contributed by atoms with Crippen molar-refractivity contribution in [3.63, 3.8) is 0 Å². The van der Waals surface area contributed by atoms with Crippen molar-refractivity contribution in [3.05, 3.63) is 71.8 Å². The molecule has 3 aromatic rings. The third kappa shape index (κ3) is 9.21. The first kappa shape index (κ1) is 32.8. The fourth-order valence-electron chi connectivity index (χ4n) is 4.70. The third-order valence-corrected chi connectivity index (χ3v) is 6.87. The van der Waals surface area contributed by atoms with E-state index in [1.54, 1.807) is 56.9 Å². The molecule has 1 aliphatic heterocycles. The summed E-state index contributed by atoms with van der Waals surface area (Å²) in [6, 6.07) is 12.7. The van der Waals surface area contributed by atoms with Gasteiger partial charge in [-0.2, -0.15) is 4.73 Å². The number of esters is 1. The summed E-state index contributed by atoms with van der Waals surface area (Å²) in [4.78, 5) is 64.4. The minimum atomic E-state index is -1.08. The molecule has 1 N–H and O–H groups in total. The number of amides is 3. The van der Waals surface area contributed by atoms with Gasteiger partial charge in [0.25, 0.3) is 5.91 Å². The Hall–Kier alpha value is -5.07. The van der Waals surface area contributed by atoms with E-state index in [-0.39, 0.29) is 57.1 Å². The van der Waals surface area contributed by atoms with Crippen molar-refractivity contribution in [2.24, 2.45) is 0 Å². The van der Waals surface area contributed by atoms with Crippen LogP contribution in [0, 0.1) is 5.21 Å². The molecule has 13 nitrogen and oxygen atoms in total. The highest BCUT2D eigenvalue weighted by atomic mass is 16.6. The molecule has 13 heteroatoms. The van der Waals surface area contributed by atoms with E-state index < -0.39 is 35.5 Å². The highest BCUT2D eigenvalue weighted by molar-refractivity contribution is 5.97. The molecule has 0 aliphatic carbocycles. The van der Waals surface area contributed by atoms with Gasteiger partial charge >= 0.3 is 12.1 Å².